The van der Waals surface area contributed by atoms with E-state index in [0.29, 0.717) is 13.1 Å². The third kappa shape index (κ3) is 5.02. The van der Waals surface area contributed by atoms with Gasteiger partial charge in [0.15, 0.2) is 0 Å². The van der Waals surface area contributed by atoms with E-state index in [1.165, 1.54) is 11.3 Å². The van der Waals surface area contributed by atoms with E-state index in [9.17, 15) is 5.11 Å². The van der Waals surface area contributed by atoms with Crippen LogP contribution in [-0.2, 0) is 16.8 Å². The van der Waals surface area contributed by atoms with E-state index < -0.39 is 5.60 Å². The monoisotopic (exact) mass is 338 g/mol. The molecule has 1 fully saturated rings. The summed E-state index contributed by atoms with van der Waals surface area (Å²) >= 11 is 0. The normalized spacial score (nSPS) is 19.5. The first-order valence-electron chi connectivity index (χ1n) is 8.89. The highest BCUT2D eigenvalue weighted by Gasteiger charge is 2.26. The molecule has 0 saturated carbocycles. The van der Waals surface area contributed by atoms with Crippen LogP contribution in [0.4, 0.5) is 0 Å². The number of ether oxygens (including phenoxy) is 1. The van der Waals surface area contributed by atoms with Crippen LogP contribution < -0.4 is 5.32 Å². The van der Waals surface area contributed by atoms with Gasteiger partial charge in [0, 0.05) is 44.0 Å². The lowest BCUT2D eigenvalue weighted by atomic mass is 10.1. The van der Waals surface area contributed by atoms with Crippen molar-refractivity contribution in [1.29, 1.82) is 0 Å². The Hall–Kier alpha value is -0.950. The fraction of sp³-hybridized carbons (Fsp3) is 0.833. The molecule has 1 aromatic heterocycles. The number of nitrogens with one attached hydrogen (secondary N) is 1. The van der Waals surface area contributed by atoms with Gasteiger partial charge in [0.1, 0.15) is 0 Å². The zero-order valence-corrected chi connectivity index (χ0v) is 16.1. The van der Waals surface area contributed by atoms with Crippen molar-refractivity contribution in [3.05, 3.63) is 17.0 Å². The lowest BCUT2D eigenvalue weighted by molar-refractivity contribution is -0.0219. The number of aromatic nitrogens is 2. The number of aliphatic hydroxyl groups is 1. The van der Waals surface area contributed by atoms with Crippen LogP contribution in [0.2, 0.25) is 0 Å². The Morgan fingerprint density at radius 2 is 1.79 bits per heavy atom. The fourth-order valence-corrected chi connectivity index (χ4v) is 3.34. The highest BCUT2D eigenvalue weighted by atomic mass is 16.5. The molecule has 1 unspecified atom stereocenters. The average molecular weight is 338 g/mol. The highest BCUT2D eigenvalue weighted by molar-refractivity contribution is 5.25. The third-order valence-electron chi connectivity index (χ3n) is 4.55. The van der Waals surface area contributed by atoms with Gasteiger partial charge in [0.05, 0.1) is 30.0 Å². The van der Waals surface area contributed by atoms with Crippen LogP contribution in [0.3, 0.4) is 0 Å². The number of nitrogens with zero attached hydrogens (tertiary/aromatic N) is 3. The Labute approximate surface area is 146 Å². The molecule has 0 bridgehead atoms. The first-order chi connectivity index (χ1) is 11.1. The molecule has 138 valence electrons. The van der Waals surface area contributed by atoms with Crippen LogP contribution >= 0.6 is 0 Å². The second kappa shape index (κ2) is 7.52. The minimum absolute atomic E-state index is 0.0189. The Morgan fingerprint density at radius 1 is 1.17 bits per heavy atom. The lowest BCUT2D eigenvalue weighted by Gasteiger charge is -2.34. The number of hydrogen-bond donors (Lipinski definition) is 2. The van der Waals surface area contributed by atoms with Gasteiger partial charge in [-0.2, -0.15) is 5.10 Å². The summed E-state index contributed by atoms with van der Waals surface area (Å²) in [6.45, 7) is 17.8. The molecule has 6 heteroatoms. The van der Waals surface area contributed by atoms with Crippen molar-refractivity contribution in [3.8, 4) is 0 Å². The van der Waals surface area contributed by atoms with E-state index in [2.05, 4.69) is 54.6 Å². The molecule has 0 radical (unpaired) electrons. The summed E-state index contributed by atoms with van der Waals surface area (Å²) in [6.07, 6.45) is 0. The average Bonchev–Trinajstić information content (AvgIpc) is 2.75. The quantitative estimate of drug-likeness (QED) is 0.822. The molecular formula is C18H34N4O2. The second-order valence-electron chi connectivity index (χ2n) is 8.22. The van der Waals surface area contributed by atoms with Crippen molar-refractivity contribution in [3.63, 3.8) is 0 Å². The number of morpholine rings is 1. The van der Waals surface area contributed by atoms with Gasteiger partial charge in [-0.1, -0.05) is 0 Å². The summed E-state index contributed by atoms with van der Waals surface area (Å²) in [5.74, 6) is 0. The van der Waals surface area contributed by atoms with Crippen LogP contribution in [0.1, 0.15) is 44.6 Å². The van der Waals surface area contributed by atoms with Crippen LogP contribution in [0.5, 0.6) is 0 Å². The molecule has 1 saturated heterocycles. The van der Waals surface area contributed by atoms with Crippen LogP contribution in [-0.4, -0.2) is 64.8 Å². The van der Waals surface area contributed by atoms with Gasteiger partial charge in [0.2, 0.25) is 0 Å². The summed E-state index contributed by atoms with van der Waals surface area (Å²) in [6, 6.07) is 0. The summed E-state index contributed by atoms with van der Waals surface area (Å²) in [7, 11) is 0. The van der Waals surface area contributed by atoms with Gasteiger partial charge in [-0.3, -0.25) is 9.58 Å². The maximum atomic E-state index is 10.7. The Morgan fingerprint density at radius 3 is 2.33 bits per heavy atom. The molecule has 0 spiro atoms. The van der Waals surface area contributed by atoms with Crippen molar-refractivity contribution in [1.82, 2.24) is 20.0 Å². The zero-order chi connectivity index (χ0) is 18.0. The molecule has 1 aromatic rings. The lowest BCUT2D eigenvalue weighted by Crippen LogP contribution is -2.50. The van der Waals surface area contributed by atoms with E-state index >= 15 is 0 Å². The number of rotatable bonds is 6. The van der Waals surface area contributed by atoms with Crippen LogP contribution in [0, 0.1) is 13.8 Å². The largest absolute Gasteiger partial charge is 0.388 e. The maximum absolute atomic E-state index is 10.7. The standard InChI is InChI=1S/C18H34N4O2/c1-14-16(15(2)22(20-14)17(3,4)5)11-19-12-18(6,23)13-21-7-9-24-10-8-21/h19,23H,7-13H2,1-6H3. The summed E-state index contributed by atoms with van der Waals surface area (Å²) in [5.41, 5.74) is 2.71. The Kier molecular flexibility index (Phi) is 6.07. The van der Waals surface area contributed by atoms with Crippen molar-refractivity contribution >= 4 is 0 Å². The number of β-amino-alcohol motifs (C(OH)–C–C–N with tert-alkyl or cyclic N) is 1. The molecular weight excluding hydrogens is 304 g/mol. The van der Waals surface area contributed by atoms with Gasteiger partial charge >= 0.3 is 0 Å². The summed E-state index contributed by atoms with van der Waals surface area (Å²) < 4.78 is 7.45. The molecule has 2 rings (SSSR count). The van der Waals surface area contributed by atoms with Gasteiger partial charge in [-0.25, -0.2) is 0 Å². The Balaban J connectivity index is 1.90. The number of hydrogen-bond acceptors (Lipinski definition) is 5. The molecule has 1 atom stereocenters. The molecule has 1 aliphatic rings. The Bertz CT molecular complexity index is 540. The van der Waals surface area contributed by atoms with E-state index in [-0.39, 0.29) is 5.54 Å². The third-order valence-corrected chi connectivity index (χ3v) is 4.55. The highest BCUT2D eigenvalue weighted by Crippen LogP contribution is 2.21. The van der Waals surface area contributed by atoms with Crippen LogP contribution in [0.15, 0.2) is 0 Å². The zero-order valence-electron chi connectivity index (χ0n) is 16.1. The van der Waals surface area contributed by atoms with E-state index in [1.54, 1.807) is 0 Å². The first-order valence-corrected chi connectivity index (χ1v) is 8.89. The van der Waals surface area contributed by atoms with Crippen molar-refractivity contribution in [2.24, 2.45) is 0 Å². The topological polar surface area (TPSA) is 62.5 Å². The molecule has 0 aliphatic carbocycles. The fourth-order valence-electron chi connectivity index (χ4n) is 3.34. The van der Waals surface area contributed by atoms with E-state index in [4.69, 9.17) is 4.74 Å². The summed E-state index contributed by atoms with van der Waals surface area (Å²) in [5, 5.41) is 18.8. The van der Waals surface area contributed by atoms with Gasteiger partial charge in [-0.05, 0) is 41.5 Å². The minimum atomic E-state index is -0.751. The molecule has 1 aliphatic heterocycles. The van der Waals surface area contributed by atoms with E-state index in [0.717, 1.165) is 38.5 Å². The first kappa shape index (κ1) is 19.4. The van der Waals surface area contributed by atoms with Crippen molar-refractivity contribution in [2.75, 3.05) is 39.4 Å². The molecule has 0 aromatic carbocycles. The van der Waals surface area contributed by atoms with Gasteiger partial charge < -0.3 is 15.2 Å². The predicted molar refractivity (Wildman–Crippen MR) is 96.3 cm³/mol. The number of aryl methyl sites for hydroxylation is 1. The second-order valence-corrected chi connectivity index (χ2v) is 8.22. The van der Waals surface area contributed by atoms with Crippen LogP contribution in [0.25, 0.3) is 0 Å². The van der Waals surface area contributed by atoms with E-state index in [1.807, 2.05) is 6.92 Å². The molecule has 6 nitrogen and oxygen atoms in total. The molecule has 2 N–H and O–H groups in total. The summed E-state index contributed by atoms with van der Waals surface area (Å²) in [4.78, 5) is 2.26. The minimum Gasteiger partial charge on any atom is -0.388 e. The smallest absolute Gasteiger partial charge is 0.0869 e. The van der Waals surface area contributed by atoms with Crippen molar-refractivity contribution in [2.45, 2.75) is 59.2 Å². The van der Waals surface area contributed by atoms with Gasteiger partial charge in [0.25, 0.3) is 0 Å². The molecule has 0 amide bonds. The van der Waals surface area contributed by atoms with Gasteiger partial charge in [-0.15, -0.1) is 0 Å². The molecule has 2 heterocycles. The SMILES string of the molecule is Cc1nn(C(C)(C)C)c(C)c1CNCC(C)(O)CN1CCOCC1. The molecule has 24 heavy (non-hydrogen) atoms. The predicted octanol–water partition coefficient (Wildman–Crippen LogP) is 1.43. The maximum Gasteiger partial charge on any atom is 0.0869 e. The van der Waals surface area contributed by atoms with Crippen molar-refractivity contribution < 1.29 is 9.84 Å².